The predicted molar refractivity (Wildman–Crippen MR) is 196 cm³/mol. The van der Waals surface area contributed by atoms with Crippen molar-refractivity contribution in [3.8, 4) is 0 Å². The number of alkyl halides is 9. The Bertz CT molecular complexity index is 1630. The highest BCUT2D eigenvalue weighted by Gasteiger charge is 2.47. The van der Waals surface area contributed by atoms with E-state index in [0.29, 0.717) is 44.1 Å². The van der Waals surface area contributed by atoms with Gasteiger partial charge in [0.1, 0.15) is 0 Å². The summed E-state index contributed by atoms with van der Waals surface area (Å²) in [5, 5.41) is 23.8. The number of aliphatic carboxylic acids is 1. The number of halogens is 9. The Morgan fingerprint density at radius 2 is 1.12 bits per heavy atom. The zero-order chi connectivity index (χ0) is 44.0. The quantitative estimate of drug-likeness (QED) is 0.118. The van der Waals surface area contributed by atoms with Crippen LogP contribution in [0.25, 0.3) is 0 Å². The topological polar surface area (TPSA) is 174 Å². The van der Waals surface area contributed by atoms with Gasteiger partial charge in [0.2, 0.25) is 5.12 Å². The molecule has 1 heterocycles. The summed E-state index contributed by atoms with van der Waals surface area (Å²) in [5.41, 5.74) is 0.511. The fourth-order valence-corrected chi connectivity index (χ4v) is 7.52. The lowest BCUT2D eigenvalue weighted by atomic mass is 9.92. The predicted octanol–water partition coefficient (Wildman–Crippen LogP) is 6.71. The maximum atomic E-state index is 12.2. The number of nitrogens with one attached hydrogen (secondary N) is 3. The minimum Gasteiger partial charge on any atom is -0.481 e. The van der Waals surface area contributed by atoms with E-state index < -0.39 is 54.4 Å². The number of carbonyl (C=O) groups excluding carboxylic acids is 4. The zero-order valence-corrected chi connectivity index (χ0v) is 32.3. The van der Waals surface area contributed by atoms with E-state index in [1.54, 1.807) is 36.4 Å². The second kappa shape index (κ2) is 22.5. The van der Waals surface area contributed by atoms with E-state index in [1.165, 1.54) is 0 Å². The Balaban J connectivity index is 0.000000223. The monoisotopic (exact) mass is 875 g/mol. The molecule has 1 saturated heterocycles. The number of thioether (sulfide) groups is 1. The highest BCUT2D eigenvalue weighted by atomic mass is 32.2. The van der Waals surface area contributed by atoms with Crippen LogP contribution in [0.15, 0.2) is 54.6 Å². The molecule has 0 unspecified atom stereocenters. The Kier molecular flexibility index (Phi) is 18.8. The Hall–Kier alpha value is -4.11. The summed E-state index contributed by atoms with van der Waals surface area (Å²) in [6, 6.07) is 7.09. The van der Waals surface area contributed by atoms with Gasteiger partial charge < -0.3 is 30.9 Å². The molecular weight excluding hydrogens is 829 g/mol. The van der Waals surface area contributed by atoms with E-state index in [2.05, 4.69) is 0 Å². The smallest absolute Gasteiger partial charge is 0.471 e. The molecule has 330 valence electrons. The van der Waals surface area contributed by atoms with Crippen molar-refractivity contribution < 1.29 is 78.4 Å². The molecule has 8 atom stereocenters. The number of ether oxygens (including phenoxy) is 1. The lowest BCUT2D eigenvalue weighted by Gasteiger charge is -2.32. The standard InChI is InChI=1S/C15H16F3NO3S.C8H10F3NO2.C8H10F3NO.C7H10O2/c16-15(17,18)14(22)19-10-6-7-12(11(20)8-10)23-13(21)9-4-2-1-3-5-9;9-8(10,11)7(13)12-4-1-2-5-6(3-4)14-5;9-8(10,11)7(13)12-6-4-2-1-3-5-6;8-7(9)6-4-2-1-3-5-6/h1-5,10-12,20H,6-8H2,(H,19,22);4-6H,1-3H2,(H,12,13);1-2,6H,3-5H2,(H,12,13);1-2,6H,3-5H2,(H,8,9)/t10-,11-,12-;4-,5+,6-;2*6-/m1100/s1. The first-order valence-electron chi connectivity index (χ1n) is 18.8. The third kappa shape index (κ3) is 18.0. The van der Waals surface area contributed by atoms with Crippen LogP contribution in [-0.4, -0.2) is 99.2 Å². The Labute approximate surface area is 337 Å². The molecule has 21 heteroatoms. The molecule has 5 N–H and O–H groups in total. The second-order valence-electron chi connectivity index (χ2n) is 14.3. The van der Waals surface area contributed by atoms with E-state index in [0.717, 1.165) is 43.9 Å². The van der Waals surface area contributed by atoms with Crippen molar-refractivity contribution in [2.75, 3.05) is 0 Å². The van der Waals surface area contributed by atoms with Crippen molar-refractivity contribution in [1.29, 1.82) is 0 Å². The molecule has 11 nitrogen and oxygen atoms in total. The molecule has 1 aromatic carbocycles. The number of carbonyl (C=O) groups is 5. The number of carboxylic acid groups (broad SMARTS) is 1. The summed E-state index contributed by atoms with van der Waals surface area (Å²) in [7, 11) is 0. The number of allylic oxidation sites excluding steroid dienone is 3. The fraction of sp³-hybridized carbons (Fsp3) is 0.605. The van der Waals surface area contributed by atoms with Gasteiger partial charge in [-0.3, -0.25) is 24.0 Å². The van der Waals surface area contributed by atoms with Crippen LogP contribution in [0.4, 0.5) is 39.5 Å². The SMILES string of the molecule is O=C(N[C@@H]1CC[C@@H]2O[C@@H]2C1)C(F)(F)F.O=C(N[C@H]1CC=CCC1)C(F)(F)F.O=C(O)[C@H]1CC=CCC1.O=C(S[C@@H]1CC[C@@H](NC(=O)C(F)(F)F)C[C@H]1O)c1ccccc1. The summed E-state index contributed by atoms with van der Waals surface area (Å²) in [6.45, 7) is 0. The molecule has 6 rings (SSSR count). The Morgan fingerprint density at radius 1 is 0.610 bits per heavy atom. The largest absolute Gasteiger partial charge is 0.481 e. The van der Waals surface area contributed by atoms with Gasteiger partial charge in [0.05, 0.1) is 24.2 Å². The summed E-state index contributed by atoms with van der Waals surface area (Å²) in [5.74, 6) is -6.45. The van der Waals surface area contributed by atoms with Crippen LogP contribution in [0.5, 0.6) is 0 Å². The average Bonchev–Trinajstić information content (AvgIpc) is 3.96. The van der Waals surface area contributed by atoms with Gasteiger partial charge in [-0.1, -0.05) is 66.4 Å². The van der Waals surface area contributed by atoms with Gasteiger partial charge in [-0.05, 0) is 77.0 Å². The molecule has 1 aliphatic heterocycles. The summed E-state index contributed by atoms with van der Waals surface area (Å²) in [6.07, 6.45) is -0.723. The lowest BCUT2D eigenvalue weighted by molar-refractivity contribution is -0.174. The maximum absolute atomic E-state index is 12.2. The summed E-state index contributed by atoms with van der Waals surface area (Å²) < 4.78 is 113. The summed E-state index contributed by atoms with van der Waals surface area (Å²) in [4.78, 5) is 54.4. The molecule has 0 spiro atoms. The van der Waals surface area contributed by atoms with E-state index in [1.807, 2.05) is 34.2 Å². The van der Waals surface area contributed by atoms with E-state index >= 15 is 0 Å². The second-order valence-corrected chi connectivity index (χ2v) is 15.5. The van der Waals surface area contributed by atoms with Crippen LogP contribution in [0.3, 0.4) is 0 Å². The van der Waals surface area contributed by atoms with Gasteiger partial charge in [0.15, 0.2) is 0 Å². The minimum absolute atomic E-state index is 0.00154. The van der Waals surface area contributed by atoms with E-state index in [4.69, 9.17) is 9.84 Å². The van der Waals surface area contributed by atoms with Gasteiger partial charge in [0, 0.05) is 28.9 Å². The maximum Gasteiger partial charge on any atom is 0.471 e. The van der Waals surface area contributed by atoms with Crippen molar-refractivity contribution in [3.63, 3.8) is 0 Å². The molecule has 59 heavy (non-hydrogen) atoms. The third-order valence-corrected chi connectivity index (χ3v) is 11.0. The highest BCUT2D eigenvalue weighted by Crippen LogP contribution is 2.37. The van der Waals surface area contributed by atoms with Crippen LogP contribution >= 0.6 is 11.8 Å². The molecule has 5 aliphatic rings. The fourth-order valence-electron chi connectivity index (χ4n) is 6.45. The van der Waals surface area contributed by atoms with Gasteiger partial charge in [-0.15, -0.1) is 0 Å². The molecule has 3 amide bonds. The normalized spacial score (nSPS) is 27.3. The zero-order valence-electron chi connectivity index (χ0n) is 31.5. The van der Waals surface area contributed by atoms with E-state index in [9.17, 15) is 68.6 Å². The highest BCUT2D eigenvalue weighted by molar-refractivity contribution is 8.14. The van der Waals surface area contributed by atoms with Crippen molar-refractivity contribution in [3.05, 3.63) is 60.2 Å². The number of rotatable bonds is 6. The number of fused-ring (bicyclic) bond motifs is 1. The number of epoxide rings is 1. The van der Waals surface area contributed by atoms with Crippen LogP contribution in [0, 0.1) is 5.92 Å². The first-order chi connectivity index (χ1) is 27.5. The minimum atomic E-state index is -4.93. The number of aliphatic hydroxyl groups excluding tert-OH is 1. The number of amides is 3. The van der Waals surface area contributed by atoms with Crippen molar-refractivity contribution in [2.24, 2.45) is 5.92 Å². The number of benzene rings is 1. The van der Waals surface area contributed by atoms with Gasteiger partial charge in [0.25, 0.3) is 0 Å². The molecule has 4 aliphatic carbocycles. The van der Waals surface area contributed by atoms with Gasteiger partial charge >= 0.3 is 42.2 Å². The van der Waals surface area contributed by atoms with Gasteiger partial charge in [-0.2, -0.15) is 39.5 Å². The number of hydrogen-bond donors (Lipinski definition) is 5. The molecule has 2 saturated carbocycles. The van der Waals surface area contributed by atoms with Crippen LogP contribution in [0.1, 0.15) is 87.4 Å². The molecular formula is C38H46F9N3O8S. The molecule has 0 aromatic heterocycles. The van der Waals surface area contributed by atoms with Crippen LogP contribution < -0.4 is 16.0 Å². The summed E-state index contributed by atoms with van der Waals surface area (Å²) >= 11 is 0.984. The van der Waals surface area contributed by atoms with Crippen molar-refractivity contribution in [2.45, 2.75) is 137 Å². The van der Waals surface area contributed by atoms with Crippen molar-refractivity contribution >= 4 is 40.6 Å². The first-order valence-corrected chi connectivity index (χ1v) is 19.7. The Morgan fingerprint density at radius 3 is 1.56 bits per heavy atom. The van der Waals surface area contributed by atoms with Gasteiger partial charge in [-0.25, -0.2) is 0 Å². The number of aliphatic hydroxyl groups is 1. The molecule has 0 radical (unpaired) electrons. The third-order valence-electron chi connectivity index (χ3n) is 9.69. The molecule has 3 fully saturated rings. The van der Waals surface area contributed by atoms with Crippen LogP contribution in [0.2, 0.25) is 0 Å². The first kappa shape index (κ1) is 49.3. The molecule has 0 bridgehead atoms. The van der Waals surface area contributed by atoms with Crippen LogP contribution in [-0.2, 0) is 23.9 Å². The van der Waals surface area contributed by atoms with Crippen molar-refractivity contribution in [1.82, 2.24) is 16.0 Å². The van der Waals surface area contributed by atoms with E-state index in [-0.39, 0.29) is 47.0 Å². The lowest BCUT2D eigenvalue weighted by Crippen LogP contribution is -2.48. The molecule has 1 aromatic rings. The number of carboxylic acids is 1. The number of hydrogen-bond acceptors (Lipinski definition) is 8. The average molecular weight is 876 g/mol.